The van der Waals surface area contributed by atoms with Crippen LogP contribution in [0.2, 0.25) is 0 Å². The molecule has 0 saturated carbocycles. The second kappa shape index (κ2) is 6.66. The fourth-order valence-electron chi connectivity index (χ4n) is 1.86. The van der Waals surface area contributed by atoms with Gasteiger partial charge in [-0.2, -0.15) is 0 Å². The molecule has 0 unspecified atom stereocenters. The lowest BCUT2D eigenvalue weighted by Gasteiger charge is -2.06. The third-order valence-electron chi connectivity index (χ3n) is 2.87. The molecule has 2 aromatic carbocycles. The van der Waals surface area contributed by atoms with Crippen LogP contribution in [-0.4, -0.2) is 12.4 Å². The first-order valence-electron chi connectivity index (χ1n) is 6.30. The number of rotatable bonds is 5. The quantitative estimate of drug-likeness (QED) is 0.756. The van der Waals surface area contributed by atoms with E-state index in [1.165, 1.54) is 6.07 Å². The molecule has 4 heteroatoms. The van der Waals surface area contributed by atoms with Gasteiger partial charge < -0.3 is 4.74 Å². The van der Waals surface area contributed by atoms with Crippen molar-refractivity contribution in [2.75, 3.05) is 6.61 Å². The Morgan fingerprint density at radius 2 is 1.90 bits per heavy atom. The monoisotopic (exact) mass is 336 g/mol. The Balaban J connectivity index is 2.13. The highest BCUT2D eigenvalue weighted by Gasteiger charge is 2.11. The van der Waals surface area contributed by atoms with E-state index in [0.717, 1.165) is 5.75 Å². The van der Waals surface area contributed by atoms with E-state index in [1.807, 2.05) is 6.92 Å². The van der Waals surface area contributed by atoms with Gasteiger partial charge in [-0.15, -0.1) is 0 Å². The molecule has 20 heavy (non-hydrogen) atoms. The minimum Gasteiger partial charge on any atom is -0.494 e. The van der Waals surface area contributed by atoms with Gasteiger partial charge in [0, 0.05) is 12.0 Å². The van der Waals surface area contributed by atoms with E-state index < -0.39 is 0 Å². The van der Waals surface area contributed by atoms with Gasteiger partial charge in [-0.05, 0) is 58.7 Å². The molecule has 0 N–H and O–H groups in total. The number of carbonyl (C=O) groups is 1. The lowest BCUT2D eigenvalue weighted by molar-refractivity contribution is 0.0992. The van der Waals surface area contributed by atoms with Gasteiger partial charge in [0.25, 0.3) is 0 Å². The third kappa shape index (κ3) is 3.45. The van der Waals surface area contributed by atoms with E-state index in [0.29, 0.717) is 22.2 Å². The number of ether oxygens (including phenoxy) is 1. The highest BCUT2D eigenvalue weighted by molar-refractivity contribution is 9.10. The predicted octanol–water partition coefficient (Wildman–Crippen LogP) is 4.41. The standard InChI is InChI=1S/C16H14BrFO2/c1-2-20-13-8-6-11(7-9-13)15(19)10-12-4-3-5-14(18)16(12)17/h3-9H,2,10H2,1H3. The summed E-state index contributed by atoms with van der Waals surface area (Å²) in [5.41, 5.74) is 1.23. The number of Topliss-reactive ketones (excluding diaryl/α,β-unsaturated/α-hetero) is 1. The maximum absolute atomic E-state index is 13.4. The van der Waals surface area contributed by atoms with E-state index in [1.54, 1.807) is 36.4 Å². The average molecular weight is 337 g/mol. The van der Waals surface area contributed by atoms with E-state index in [2.05, 4.69) is 15.9 Å². The summed E-state index contributed by atoms with van der Waals surface area (Å²) in [5.74, 6) is 0.317. The summed E-state index contributed by atoms with van der Waals surface area (Å²) in [5, 5.41) is 0. The molecule has 0 aliphatic heterocycles. The van der Waals surface area contributed by atoms with E-state index >= 15 is 0 Å². The molecule has 0 saturated heterocycles. The van der Waals surface area contributed by atoms with Crippen molar-refractivity contribution >= 4 is 21.7 Å². The summed E-state index contributed by atoms with van der Waals surface area (Å²) in [4.78, 5) is 12.2. The molecule has 0 amide bonds. The zero-order valence-electron chi connectivity index (χ0n) is 11.0. The maximum atomic E-state index is 13.4. The van der Waals surface area contributed by atoms with Crippen molar-refractivity contribution in [1.29, 1.82) is 0 Å². The SMILES string of the molecule is CCOc1ccc(C(=O)Cc2cccc(F)c2Br)cc1. The molecule has 0 heterocycles. The molecule has 0 atom stereocenters. The van der Waals surface area contributed by atoms with Gasteiger partial charge >= 0.3 is 0 Å². The lowest BCUT2D eigenvalue weighted by atomic mass is 10.0. The van der Waals surface area contributed by atoms with Gasteiger partial charge in [0.1, 0.15) is 11.6 Å². The molecule has 2 aromatic rings. The molecule has 104 valence electrons. The van der Waals surface area contributed by atoms with Gasteiger partial charge in [0.05, 0.1) is 11.1 Å². The van der Waals surface area contributed by atoms with Gasteiger partial charge in [-0.3, -0.25) is 4.79 Å². The molecule has 0 aliphatic rings. The predicted molar refractivity (Wildman–Crippen MR) is 79.7 cm³/mol. The van der Waals surface area contributed by atoms with Crippen molar-refractivity contribution in [3.05, 3.63) is 63.9 Å². The fraction of sp³-hybridized carbons (Fsp3) is 0.188. The fourth-order valence-corrected chi connectivity index (χ4v) is 2.27. The van der Waals surface area contributed by atoms with Crippen LogP contribution in [0.3, 0.4) is 0 Å². The summed E-state index contributed by atoms with van der Waals surface area (Å²) < 4.78 is 19.1. The molecule has 0 fully saturated rings. The largest absolute Gasteiger partial charge is 0.494 e. The van der Waals surface area contributed by atoms with Crippen LogP contribution in [0.5, 0.6) is 5.75 Å². The van der Waals surface area contributed by atoms with Crippen LogP contribution >= 0.6 is 15.9 Å². The summed E-state index contributed by atoms with van der Waals surface area (Å²) in [6, 6.07) is 11.7. The number of hydrogen-bond donors (Lipinski definition) is 0. The molecule has 0 radical (unpaired) electrons. The molecule has 0 aliphatic carbocycles. The number of hydrogen-bond acceptors (Lipinski definition) is 2. The Hall–Kier alpha value is -1.68. The van der Waals surface area contributed by atoms with E-state index in [9.17, 15) is 9.18 Å². The van der Waals surface area contributed by atoms with Crippen LogP contribution in [0.1, 0.15) is 22.8 Å². The minimum absolute atomic E-state index is 0.0562. The van der Waals surface area contributed by atoms with Gasteiger partial charge in [-0.25, -0.2) is 4.39 Å². The summed E-state index contributed by atoms with van der Waals surface area (Å²) in [7, 11) is 0. The molecular weight excluding hydrogens is 323 g/mol. The Morgan fingerprint density at radius 3 is 2.55 bits per heavy atom. The van der Waals surface area contributed by atoms with Gasteiger partial charge in [0.15, 0.2) is 5.78 Å². The zero-order valence-corrected chi connectivity index (χ0v) is 12.6. The topological polar surface area (TPSA) is 26.3 Å². The van der Waals surface area contributed by atoms with Crippen molar-refractivity contribution in [2.24, 2.45) is 0 Å². The first-order chi connectivity index (χ1) is 9.61. The Kier molecular flexibility index (Phi) is 4.90. The Bertz CT molecular complexity index is 608. The van der Waals surface area contributed by atoms with Gasteiger partial charge in [0.2, 0.25) is 0 Å². The zero-order chi connectivity index (χ0) is 14.5. The molecule has 0 bridgehead atoms. The molecular formula is C16H14BrFO2. The van der Waals surface area contributed by atoms with Crippen LogP contribution in [0.4, 0.5) is 4.39 Å². The minimum atomic E-state index is -0.359. The van der Waals surface area contributed by atoms with E-state index in [4.69, 9.17) is 4.74 Å². The van der Waals surface area contributed by atoms with Gasteiger partial charge in [-0.1, -0.05) is 12.1 Å². The molecule has 2 rings (SSSR count). The first kappa shape index (κ1) is 14.7. The van der Waals surface area contributed by atoms with Crippen LogP contribution in [0.25, 0.3) is 0 Å². The van der Waals surface area contributed by atoms with Crippen molar-refractivity contribution in [1.82, 2.24) is 0 Å². The van der Waals surface area contributed by atoms with E-state index in [-0.39, 0.29) is 18.0 Å². The van der Waals surface area contributed by atoms with Crippen LogP contribution in [0, 0.1) is 5.82 Å². The summed E-state index contributed by atoms with van der Waals surface area (Å²) >= 11 is 3.17. The number of benzene rings is 2. The summed E-state index contributed by atoms with van der Waals surface area (Å²) in [6.07, 6.45) is 0.159. The van der Waals surface area contributed by atoms with Crippen molar-refractivity contribution < 1.29 is 13.9 Å². The van der Waals surface area contributed by atoms with Crippen molar-refractivity contribution in [3.8, 4) is 5.75 Å². The summed E-state index contributed by atoms with van der Waals surface area (Å²) in [6.45, 7) is 2.49. The second-order valence-corrected chi connectivity index (χ2v) is 5.06. The highest BCUT2D eigenvalue weighted by Crippen LogP contribution is 2.22. The van der Waals surface area contributed by atoms with Crippen LogP contribution < -0.4 is 4.74 Å². The third-order valence-corrected chi connectivity index (χ3v) is 3.76. The number of carbonyl (C=O) groups excluding carboxylic acids is 1. The first-order valence-corrected chi connectivity index (χ1v) is 7.10. The smallest absolute Gasteiger partial charge is 0.167 e. The second-order valence-electron chi connectivity index (χ2n) is 4.27. The Morgan fingerprint density at radius 1 is 1.20 bits per heavy atom. The lowest BCUT2D eigenvalue weighted by Crippen LogP contribution is -2.04. The maximum Gasteiger partial charge on any atom is 0.167 e. The van der Waals surface area contributed by atoms with Crippen LogP contribution in [0.15, 0.2) is 46.9 Å². The molecule has 0 spiro atoms. The normalized spacial score (nSPS) is 10.3. The van der Waals surface area contributed by atoms with Crippen molar-refractivity contribution in [3.63, 3.8) is 0 Å². The average Bonchev–Trinajstić information content (AvgIpc) is 2.45. The molecule has 0 aromatic heterocycles. The molecule has 2 nitrogen and oxygen atoms in total. The Labute approximate surface area is 125 Å². The number of halogens is 2. The van der Waals surface area contributed by atoms with Crippen LogP contribution in [-0.2, 0) is 6.42 Å². The highest BCUT2D eigenvalue weighted by atomic mass is 79.9. The number of ketones is 1. The van der Waals surface area contributed by atoms with Crippen molar-refractivity contribution in [2.45, 2.75) is 13.3 Å².